The Morgan fingerprint density at radius 3 is 2.09 bits per heavy atom. The summed E-state index contributed by atoms with van der Waals surface area (Å²) in [4.78, 5) is 0. The highest BCUT2D eigenvalue weighted by Crippen LogP contribution is 2.16. The highest BCUT2D eigenvalue weighted by molar-refractivity contribution is 4.63. The highest BCUT2D eigenvalue weighted by Gasteiger charge is 2.30. The Hall–Kier alpha value is -0.290. The van der Waals surface area contributed by atoms with E-state index >= 15 is 0 Å². The van der Waals surface area contributed by atoms with Crippen LogP contribution >= 0.6 is 0 Å². The number of hydrogen-bond acceptors (Lipinski definition) is 2. The molecule has 0 spiro atoms. The fourth-order valence-electron chi connectivity index (χ4n) is 0.383. The molecule has 0 aromatic carbocycles. The van der Waals surface area contributed by atoms with E-state index in [-0.39, 0.29) is 5.92 Å². The first-order valence-corrected chi connectivity index (χ1v) is 3.29. The van der Waals surface area contributed by atoms with Crippen molar-refractivity contribution in [2.24, 2.45) is 11.7 Å². The molecule has 1 atom stereocenters. The van der Waals surface area contributed by atoms with Crippen LogP contribution in [0.1, 0.15) is 13.8 Å². The lowest BCUT2D eigenvalue weighted by Gasteiger charge is -2.16. The molecule has 68 valence electrons. The zero-order chi connectivity index (χ0) is 9.07. The van der Waals surface area contributed by atoms with E-state index in [1.165, 1.54) is 0 Å². The zero-order valence-corrected chi connectivity index (χ0v) is 6.48. The van der Waals surface area contributed by atoms with Crippen LogP contribution < -0.4 is 5.73 Å². The third-order valence-electron chi connectivity index (χ3n) is 1.30. The van der Waals surface area contributed by atoms with Crippen LogP contribution in [0.5, 0.6) is 0 Å². The van der Waals surface area contributed by atoms with Gasteiger partial charge in [-0.1, -0.05) is 13.8 Å². The topological polar surface area (TPSA) is 35.2 Å². The lowest BCUT2D eigenvalue weighted by Crippen LogP contribution is -2.34. The molecular formula is C6H12F3NO. The van der Waals surface area contributed by atoms with Gasteiger partial charge in [0.1, 0.15) is 0 Å². The normalized spacial score (nSPS) is 15.5. The van der Waals surface area contributed by atoms with E-state index < -0.39 is 19.0 Å². The zero-order valence-electron chi connectivity index (χ0n) is 6.48. The minimum Gasteiger partial charge on any atom is -0.325 e. The molecule has 0 aromatic heterocycles. The van der Waals surface area contributed by atoms with Crippen LogP contribution in [0.3, 0.4) is 0 Å². The highest BCUT2D eigenvalue weighted by atomic mass is 19.4. The molecule has 0 fully saturated rings. The Balaban J connectivity index is 3.54. The van der Waals surface area contributed by atoms with Crippen LogP contribution in [-0.2, 0) is 4.74 Å². The SMILES string of the molecule is CC(C)[C@@H](N)COC(F)(F)F. The van der Waals surface area contributed by atoms with Crippen LogP contribution in [-0.4, -0.2) is 19.0 Å². The fraction of sp³-hybridized carbons (Fsp3) is 1.00. The number of rotatable bonds is 3. The molecule has 0 aliphatic heterocycles. The van der Waals surface area contributed by atoms with Crippen LogP contribution in [0, 0.1) is 5.92 Å². The maximum Gasteiger partial charge on any atom is 0.522 e. The van der Waals surface area contributed by atoms with Gasteiger partial charge in [-0.3, -0.25) is 4.74 Å². The first-order valence-electron chi connectivity index (χ1n) is 3.29. The second-order valence-corrected chi connectivity index (χ2v) is 2.66. The van der Waals surface area contributed by atoms with Gasteiger partial charge < -0.3 is 5.73 Å². The summed E-state index contributed by atoms with van der Waals surface area (Å²) >= 11 is 0. The summed E-state index contributed by atoms with van der Waals surface area (Å²) in [7, 11) is 0. The van der Waals surface area contributed by atoms with Gasteiger partial charge >= 0.3 is 6.36 Å². The number of alkyl halides is 3. The van der Waals surface area contributed by atoms with E-state index in [0.29, 0.717) is 0 Å². The summed E-state index contributed by atoms with van der Waals surface area (Å²) in [6, 6.07) is -0.559. The van der Waals surface area contributed by atoms with Crippen molar-refractivity contribution >= 4 is 0 Å². The Morgan fingerprint density at radius 1 is 1.36 bits per heavy atom. The van der Waals surface area contributed by atoms with Crippen molar-refractivity contribution in [3.05, 3.63) is 0 Å². The second-order valence-electron chi connectivity index (χ2n) is 2.66. The molecule has 0 unspecified atom stereocenters. The van der Waals surface area contributed by atoms with Crippen molar-refractivity contribution in [2.45, 2.75) is 26.3 Å². The molecule has 0 amide bonds. The third kappa shape index (κ3) is 6.12. The summed E-state index contributed by atoms with van der Waals surface area (Å²) in [5.41, 5.74) is 5.30. The lowest BCUT2D eigenvalue weighted by atomic mass is 10.1. The molecule has 0 bridgehead atoms. The summed E-state index contributed by atoms with van der Waals surface area (Å²) in [5, 5.41) is 0. The Labute approximate surface area is 63.5 Å². The molecule has 0 saturated heterocycles. The average molecular weight is 171 g/mol. The lowest BCUT2D eigenvalue weighted by molar-refractivity contribution is -0.326. The predicted molar refractivity (Wildman–Crippen MR) is 34.8 cm³/mol. The average Bonchev–Trinajstić information content (AvgIpc) is 1.80. The number of hydrogen-bond donors (Lipinski definition) is 1. The van der Waals surface area contributed by atoms with Crippen molar-refractivity contribution in [3.63, 3.8) is 0 Å². The minimum atomic E-state index is -4.56. The quantitative estimate of drug-likeness (QED) is 0.698. The Morgan fingerprint density at radius 2 is 1.82 bits per heavy atom. The van der Waals surface area contributed by atoms with Crippen LogP contribution in [0.15, 0.2) is 0 Å². The monoisotopic (exact) mass is 171 g/mol. The smallest absolute Gasteiger partial charge is 0.325 e. The van der Waals surface area contributed by atoms with E-state index in [0.717, 1.165) is 0 Å². The van der Waals surface area contributed by atoms with E-state index in [1.54, 1.807) is 13.8 Å². The molecular weight excluding hydrogens is 159 g/mol. The standard InChI is InChI=1S/C6H12F3NO/c1-4(2)5(10)3-11-6(7,8)9/h4-5H,3,10H2,1-2H3/t5-/m0/s1. The van der Waals surface area contributed by atoms with E-state index in [4.69, 9.17) is 5.73 Å². The molecule has 0 saturated carbocycles. The van der Waals surface area contributed by atoms with Gasteiger partial charge in [0.2, 0.25) is 0 Å². The van der Waals surface area contributed by atoms with Gasteiger partial charge in [-0.2, -0.15) is 0 Å². The van der Waals surface area contributed by atoms with Gasteiger partial charge in [0.05, 0.1) is 6.61 Å². The molecule has 0 heterocycles. The van der Waals surface area contributed by atoms with Gasteiger partial charge in [-0.15, -0.1) is 13.2 Å². The summed E-state index contributed by atoms with van der Waals surface area (Å²) < 4.78 is 37.7. The van der Waals surface area contributed by atoms with Gasteiger partial charge in [0, 0.05) is 6.04 Å². The Kier molecular flexibility index (Phi) is 3.82. The number of nitrogens with two attached hydrogens (primary N) is 1. The maximum atomic E-state index is 11.4. The van der Waals surface area contributed by atoms with Crippen molar-refractivity contribution in [1.29, 1.82) is 0 Å². The molecule has 11 heavy (non-hydrogen) atoms. The van der Waals surface area contributed by atoms with E-state index in [2.05, 4.69) is 4.74 Å². The maximum absolute atomic E-state index is 11.4. The molecule has 0 radical (unpaired) electrons. The number of ether oxygens (including phenoxy) is 1. The molecule has 0 rings (SSSR count). The van der Waals surface area contributed by atoms with E-state index in [1.807, 2.05) is 0 Å². The third-order valence-corrected chi connectivity index (χ3v) is 1.30. The molecule has 0 aromatic rings. The van der Waals surface area contributed by atoms with Gasteiger partial charge in [0.15, 0.2) is 0 Å². The molecule has 0 aliphatic rings. The first-order chi connectivity index (χ1) is 4.83. The summed E-state index contributed by atoms with van der Waals surface area (Å²) in [6.45, 7) is 3.01. The minimum absolute atomic E-state index is 0.00245. The molecule has 2 N–H and O–H groups in total. The largest absolute Gasteiger partial charge is 0.522 e. The van der Waals surface area contributed by atoms with Crippen LogP contribution in [0.4, 0.5) is 13.2 Å². The predicted octanol–water partition coefficient (Wildman–Crippen LogP) is 1.51. The van der Waals surface area contributed by atoms with Crippen molar-refractivity contribution < 1.29 is 17.9 Å². The molecule has 5 heteroatoms. The van der Waals surface area contributed by atoms with Crippen LogP contribution in [0.2, 0.25) is 0 Å². The van der Waals surface area contributed by atoms with Crippen LogP contribution in [0.25, 0.3) is 0 Å². The van der Waals surface area contributed by atoms with Gasteiger partial charge in [-0.25, -0.2) is 0 Å². The summed E-state index contributed by atoms with van der Waals surface area (Å²) in [6.07, 6.45) is -4.56. The van der Waals surface area contributed by atoms with Gasteiger partial charge in [-0.05, 0) is 5.92 Å². The summed E-state index contributed by atoms with van der Waals surface area (Å²) in [5.74, 6) is -0.00245. The number of halogens is 3. The molecule has 0 aliphatic carbocycles. The first kappa shape index (κ1) is 10.7. The fourth-order valence-corrected chi connectivity index (χ4v) is 0.383. The van der Waals surface area contributed by atoms with Crippen molar-refractivity contribution in [3.8, 4) is 0 Å². The van der Waals surface area contributed by atoms with Crippen molar-refractivity contribution in [1.82, 2.24) is 0 Å². The van der Waals surface area contributed by atoms with E-state index in [9.17, 15) is 13.2 Å². The van der Waals surface area contributed by atoms with Gasteiger partial charge in [0.25, 0.3) is 0 Å². The Bertz CT molecular complexity index is 113. The second kappa shape index (κ2) is 3.92. The van der Waals surface area contributed by atoms with Crippen molar-refractivity contribution in [2.75, 3.05) is 6.61 Å². The molecule has 2 nitrogen and oxygen atoms in total.